The maximum Gasteiger partial charge on any atom is 0.261 e. The van der Waals surface area contributed by atoms with Gasteiger partial charge in [-0.15, -0.1) is 11.3 Å². The molecule has 96 valence electrons. The van der Waals surface area contributed by atoms with Crippen LogP contribution in [0.2, 0.25) is 0 Å². The predicted octanol–water partition coefficient (Wildman–Crippen LogP) is 3.10. The van der Waals surface area contributed by atoms with Gasteiger partial charge in [0.15, 0.2) is 0 Å². The zero-order valence-corrected chi connectivity index (χ0v) is 11.4. The summed E-state index contributed by atoms with van der Waals surface area (Å²) >= 11 is 1.48. The number of rotatable bonds is 3. The molecule has 0 aliphatic carbocycles. The molecule has 3 aromatic rings. The highest BCUT2D eigenvalue weighted by molar-refractivity contribution is 7.92. The maximum atomic E-state index is 12.2. The monoisotopic (exact) mass is 290 g/mol. The Morgan fingerprint density at radius 2 is 1.84 bits per heavy atom. The van der Waals surface area contributed by atoms with Gasteiger partial charge in [-0.05, 0) is 30.3 Å². The Morgan fingerprint density at radius 1 is 1.05 bits per heavy atom. The van der Waals surface area contributed by atoms with E-state index in [1.54, 1.807) is 54.0 Å². The molecule has 1 aromatic heterocycles. The van der Waals surface area contributed by atoms with Crippen LogP contribution in [0.4, 0.5) is 5.69 Å². The molecule has 6 heteroatoms. The van der Waals surface area contributed by atoms with Gasteiger partial charge in [0.05, 0.1) is 26.3 Å². The summed E-state index contributed by atoms with van der Waals surface area (Å²) < 4.78 is 27.8. The maximum absolute atomic E-state index is 12.2. The number of anilines is 1. The van der Waals surface area contributed by atoms with Gasteiger partial charge in [0.2, 0.25) is 0 Å². The largest absolute Gasteiger partial charge is 0.280 e. The molecule has 0 aliphatic heterocycles. The summed E-state index contributed by atoms with van der Waals surface area (Å²) in [5, 5.41) is 0. The van der Waals surface area contributed by atoms with Crippen molar-refractivity contribution in [3.05, 3.63) is 54.0 Å². The van der Waals surface area contributed by atoms with Crippen molar-refractivity contribution in [3.8, 4) is 0 Å². The number of thiazole rings is 1. The number of aromatic nitrogens is 1. The minimum absolute atomic E-state index is 0.249. The molecule has 0 amide bonds. The van der Waals surface area contributed by atoms with Gasteiger partial charge in [-0.2, -0.15) is 0 Å². The van der Waals surface area contributed by atoms with Crippen LogP contribution in [0.25, 0.3) is 10.2 Å². The van der Waals surface area contributed by atoms with Crippen LogP contribution in [0.3, 0.4) is 0 Å². The number of nitrogens with one attached hydrogen (secondary N) is 1. The summed E-state index contributed by atoms with van der Waals surface area (Å²) in [6.45, 7) is 0. The van der Waals surface area contributed by atoms with Gasteiger partial charge in [-0.25, -0.2) is 13.4 Å². The van der Waals surface area contributed by atoms with Gasteiger partial charge in [0.25, 0.3) is 10.0 Å². The minimum atomic E-state index is -3.53. The molecule has 0 aliphatic rings. The van der Waals surface area contributed by atoms with E-state index < -0.39 is 10.0 Å². The van der Waals surface area contributed by atoms with Gasteiger partial charge in [0, 0.05) is 0 Å². The Labute approximate surface area is 114 Å². The Balaban J connectivity index is 1.96. The van der Waals surface area contributed by atoms with E-state index >= 15 is 0 Å². The van der Waals surface area contributed by atoms with Crippen LogP contribution < -0.4 is 4.72 Å². The second kappa shape index (κ2) is 4.64. The summed E-state index contributed by atoms with van der Waals surface area (Å²) in [4.78, 5) is 4.41. The normalized spacial score (nSPS) is 11.6. The molecule has 0 saturated carbocycles. The second-order valence-electron chi connectivity index (χ2n) is 3.95. The predicted molar refractivity (Wildman–Crippen MR) is 76.9 cm³/mol. The molecule has 0 atom stereocenters. The van der Waals surface area contributed by atoms with Gasteiger partial charge >= 0.3 is 0 Å². The lowest BCUT2D eigenvalue weighted by Gasteiger charge is -2.07. The molecule has 0 radical (unpaired) electrons. The van der Waals surface area contributed by atoms with Gasteiger partial charge in [0.1, 0.15) is 0 Å². The molecule has 0 fully saturated rings. The number of sulfonamides is 1. The number of hydrogen-bond acceptors (Lipinski definition) is 4. The average Bonchev–Trinajstić information content (AvgIpc) is 2.87. The second-order valence-corrected chi connectivity index (χ2v) is 6.52. The third kappa shape index (κ3) is 2.45. The third-order valence-electron chi connectivity index (χ3n) is 2.64. The summed E-state index contributed by atoms with van der Waals surface area (Å²) in [5.74, 6) is 0. The molecule has 2 aromatic carbocycles. The summed E-state index contributed by atoms with van der Waals surface area (Å²) in [5.41, 5.74) is 3.15. The molecule has 0 saturated heterocycles. The SMILES string of the molecule is O=S(=O)(Nc1ccc2ncsc2c1)c1ccccc1. The number of benzene rings is 2. The van der Waals surface area contributed by atoms with Crippen LogP contribution in [0.1, 0.15) is 0 Å². The molecule has 1 heterocycles. The minimum Gasteiger partial charge on any atom is -0.280 e. The Morgan fingerprint density at radius 3 is 2.63 bits per heavy atom. The fraction of sp³-hybridized carbons (Fsp3) is 0. The van der Waals surface area contributed by atoms with E-state index in [-0.39, 0.29) is 4.90 Å². The standard InChI is InChI=1S/C13H10N2O2S2/c16-19(17,11-4-2-1-3-5-11)15-10-6-7-12-13(8-10)18-9-14-12/h1-9,15H. The smallest absolute Gasteiger partial charge is 0.261 e. The Bertz CT molecular complexity index is 811. The van der Waals surface area contributed by atoms with Gasteiger partial charge < -0.3 is 0 Å². The van der Waals surface area contributed by atoms with Crippen molar-refractivity contribution in [2.75, 3.05) is 4.72 Å². The van der Waals surface area contributed by atoms with E-state index in [2.05, 4.69) is 9.71 Å². The van der Waals surface area contributed by atoms with Crippen LogP contribution in [0.5, 0.6) is 0 Å². The molecule has 0 unspecified atom stereocenters. The first kappa shape index (κ1) is 12.1. The topological polar surface area (TPSA) is 59.1 Å². The molecular weight excluding hydrogens is 280 g/mol. The van der Waals surface area contributed by atoms with E-state index in [0.717, 1.165) is 10.2 Å². The van der Waals surface area contributed by atoms with Crippen LogP contribution in [0.15, 0.2) is 58.9 Å². The summed E-state index contributed by atoms with van der Waals surface area (Å²) in [7, 11) is -3.53. The van der Waals surface area contributed by atoms with E-state index in [9.17, 15) is 8.42 Å². The molecule has 1 N–H and O–H groups in total. The molecule has 0 spiro atoms. The van der Waals surface area contributed by atoms with Gasteiger partial charge in [-0.3, -0.25) is 4.72 Å². The van der Waals surface area contributed by atoms with Crippen LogP contribution in [0, 0.1) is 0 Å². The van der Waals surface area contributed by atoms with E-state index in [4.69, 9.17) is 0 Å². The molecule has 19 heavy (non-hydrogen) atoms. The lowest BCUT2D eigenvalue weighted by atomic mass is 10.3. The Hall–Kier alpha value is -1.92. The first-order valence-corrected chi connectivity index (χ1v) is 7.92. The summed E-state index contributed by atoms with van der Waals surface area (Å²) in [6, 6.07) is 13.6. The van der Waals surface area contributed by atoms with E-state index in [1.165, 1.54) is 11.3 Å². The van der Waals surface area contributed by atoms with Gasteiger partial charge in [-0.1, -0.05) is 18.2 Å². The number of nitrogens with zero attached hydrogens (tertiary/aromatic N) is 1. The fourth-order valence-electron chi connectivity index (χ4n) is 1.73. The number of fused-ring (bicyclic) bond motifs is 1. The van der Waals surface area contributed by atoms with Crippen LogP contribution >= 0.6 is 11.3 Å². The zero-order chi connectivity index (χ0) is 13.3. The molecule has 0 bridgehead atoms. The zero-order valence-electron chi connectivity index (χ0n) is 9.78. The van der Waals surface area contributed by atoms with E-state index in [0.29, 0.717) is 5.69 Å². The van der Waals surface area contributed by atoms with Crippen molar-refractivity contribution < 1.29 is 8.42 Å². The first-order valence-electron chi connectivity index (χ1n) is 5.56. The highest BCUT2D eigenvalue weighted by atomic mass is 32.2. The van der Waals surface area contributed by atoms with Crippen LogP contribution in [-0.4, -0.2) is 13.4 Å². The first-order chi connectivity index (χ1) is 9.15. The van der Waals surface area contributed by atoms with E-state index in [1.807, 2.05) is 0 Å². The highest BCUT2D eigenvalue weighted by Gasteiger charge is 2.13. The fourth-order valence-corrected chi connectivity index (χ4v) is 3.52. The molecule has 3 rings (SSSR count). The highest BCUT2D eigenvalue weighted by Crippen LogP contribution is 2.23. The quantitative estimate of drug-likeness (QED) is 0.806. The molecule has 4 nitrogen and oxygen atoms in total. The van der Waals surface area contributed by atoms with Crippen LogP contribution in [-0.2, 0) is 10.0 Å². The van der Waals surface area contributed by atoms with Crippen molar-refractivity contribution in [1.29, 1.82) is 0 Å². The van der Waals surface area contributed by atoms with Crippen molar-refractivity contribution in [3.63, 3.8) is 0 Å². The lowest BCUT2D eigenvalue weighted by molar-refractivity contribution is 0.601. The Kier molecular flexibility index (Phi) is 2.96. The lowest BCUT2D eigenvalue weighted by Crippen LogP contribution is -2.12. The molecular formula is C13H10N2O2S2. The van der Waals surface area contributed by atoms with Crippen molar-refractivity contribution in [2.45, 2.75) is 4.90 Å². The summed E-state index contributed by atoms with van der Waals surface area (Å²) in [6.07, 6.45) is 0. The van der Waals surface area contributed by atoms with Crippen molar-refractivity contribution >= 4 is 37.3 Å². The number of hydrogen-bond donors (Lipinski definition) is 1. The third-order valence-corrected chi connectivity index (χ3v) is 4.83. The van der Waals surface area contributed by atoms with Crippen molar-refractivity contribution in [1.82, 2.24) is 4.98 Å². The van der Waals surface area contributed by atoms with Crippen molar-refractivity contribution in [2.24, 2.45) is 0 Å². The average molecular weight is 290 g/mol.